The van der Waals surface area contributed by atoms with Crippen LogP contribution >= 0.6 is 11.3 Å². The summed E-state index contributed by atoms with van der Waals surface area (Å²) in [4.78, 5) is 26.3. The van der Waals surface area contributed by atoms with Crippen LogP contribution in [0.25, 0.3) is 10.2 Å². The molecule has 6 heteroatoms. The fraction of sp³-hybridized carbons (Fsp3) is 0.409. The van der Waals surface area contributed by atoms with Gasteiger partial charge in [0.15, 0.2) is 0 Å². The van der Waals surface area contributed by atoms with E-state index in [1.165, 1.54) is 10.4 Å². The highest BCUT2D eigenvalue weighted by atomic mass is 32.1. The van der Waals surface area contributed by atoms with Crippen molar-refractivity contribution in [1.29, 1.82) is 0 Å². The van der Waals surface area contributed by atoms with Gasteiger partial charge in [0.1, 0.15) is 17.0 Å². The number of hydrogen-bond donors (Lipinski definition) is 1. The van der Waals surface area contributed by atoms with Gasteiger partial charge >= 0.3 is 0 Å². The van der Waals surface area contributed by atoms with E-state index in [2.05, 4.69) is 45.3 Å². The number of aromatic nitrogens is 2. The average molecular weight is 395 g/mol. The van der Waals surface area contributed by atoms with E-state index in [-0.39, 0.29) is 11.8 Å². The number of carbonyl (C=O) groups is 1. The molecule has 28 heavy (non-hydrogen) atoms. The van der Waals surface area contributed by atoms with Gasteiger partial charge in [-0.05, 0) is 37.3 Å². The first-order valence-corrected chi connectivity index (χ1v) is 10.9. The van der Waals surface area contributed by atoms with Gasteiger partial charge in [-0.2, -0.15) is 0 Å². The number of rotatable bonds is 6. The lowest BCUT2D eigenvalue weighted by atomic mass is 9.97. The van der Waals surface area contributed by atoms with Crippen molar-refractivity contribution in [3.05, 3.63) is 53.2 Å². The third kappa shape index (κ3) is 4.17. The Morgan fingerprint density at radius 3 is 2.96 bits per heavy atom. The van der Waals surface area contributed by atoms with Crippen LogP contribution in [-0.2, 0) is 17.6 Å². The Labute approximate surface area is 169 Å². The van der Waals surface area contributed by atoms with Gasteiger partial charge in [-0.25, -0.2) is 9.97 Å². The van der Waals surface area contributed by atoms with E-state index in [9.17, 15) is 4.79 Å². The van der Waals surface area contributed by atoms with Crippen LogP contribution in [0.15, 0.2) is 42.7 Å². The second kappa shape index (κ2) is 8.69. The maximum Gasteiger partial charge on any atom is 0.224 e. The van der Waals surface area contributed by atoms with Gasteiger partial charge in [0, 0.05) is 24.5 Å². The van der Waals surface area contributed by atoms with Gasteiger partial charge in [0.25, 0.3) is 0 Å². The predicted octanol–water partition coefficient (Wildman–Crippen LogP) is 3.83. The highest BCUT2D eigenvalue weighted by molar-refractivity contribution is 7.18. The van der Waals surface area contributed by atoms with Crippen LogP contribution in [0, 0.1) is 5.92 Å². The molecule has 3 aromatic rings. The Hall–Kier alpha value is -2.47. The molecule has 1 N–H and O–H groups in total. The van der Waals surface area contributed by atoms with E-state index in [4.69, 9.17) is 0 Å². The molecular weight excluding hydrogens is 368 g/mol. The number of fused-ring (bicyclic) bond motifs is 1. The quantitative estimate of drug-likeness (QED) is 0.690. The van der Waals surface area contributed by atoms with E-state index in [1.54, 1.807) is 17.7 Å². The summed E-state index contributed by atoms with van der Waals surface area (Å²) >= 11 is 1.73. The third-order valence-electron chi connectivity index (χ3n) is 5.36. The van der Waals surface area contributed by atoms with Gasteiger partial charge in [0.05, 0.1) is 11.3 Å². The summed E-state index contributed by atoms with van der Waals surface area (Å²) in [6, 6.07) is 12.5. The van der Waals surface area contributed by atoms with E-state index < -0.39 is 0 Å². The van der Waals surface area contributed by atoms with Crippen LogP contribution in [0.5, 0.6) is 0 Å². The van der Waals surface area contributed by atoms with E-state index in [0.29, 0.717) is 6.54 Å². The van der Waals surface area contributed by atoms with Gasteiger partial charge in [-0.3, -0.25) is 4.79 Å². The Morgan fingerprint density at radius 2 is 2.14 bits per heavy atom. The number of aryl methyl sites for hydroxylation is 1. The molecule has 0 spiro atoms. The first-order chi connectivity index (χ1) is 13.7. The summed E-state index contributed by atoms with van der Waals surface area (Å²) in [6.45, 7) is 4.51. The monoisotopic (exact) mass is 394 g/mol. The van der Waals surface area contributed by atoms with Crippen LogP contribution in [0.4, 0.5) is 5.82 Å². The molecule has 0 saturated carbocycles. The lowest BCUT2D eigenvalue weighted by Crippen LogP contribution is -2.43. The molecule has 1 amide bonds. The third-order valence-corrected chi connectivity index (χ3v) is 6.54. The van der Waals surface area contributed by atoms with Gasteiger partial charge < -0.3 is 10.2 Å². The van der Waals surface area contributed by atoms with E-state index in [1.807, 2.05) is 18.2 Å². The number of benzene rings is 1. The molecule has 0 radical (unpaired) electrons. The zero-order chi connectivity index (χ0) is 19.3. The van der Waals surface area contributed by atoms with Crippen LogP contribution in [-0.4, -0.2) is 35.5 Å². The van der Waals surface area contributed by atoms with Crippen molar-refractivity contribution in [2.75, 3.05) is 24.5 Å². The molecule has 0 bridgehead atoms. The molecule has 1 atom stereocenters. The minimum Gasteiger partial charge on any atom is -0.355 e. The number of piperidine rings is 1. The van der Waals surface area contributed by atoms with Crippen molar-refractivity contribution < 1.29 is 4.79 Å². The Balaban J connectivity index is 1.40. The first kappa shape index (κ1) is 18.9. The summed E-state index contributed by atoms with van der Waals surface area (Å²) < 4.78 is 0. The number of thiophene rings is 1. The number of carbonyl (C=O) groups excluding carboxylic acids is 1. The fourth-order valence-electron chi connectivity index (χ4n) is 3.82. The number of nitrogens with one attached hydrogen (secondary N) is 1. The Morgan fingerprint density at radius 1 is 1.29 bits per heavy atom. The summed E-state index contributed by atoms with van der Waals surface area (Å²) in [5, 5.41) is 4.25. The standard InChI is InChI=1S/C22H26N4OS/c1-2-18-13-19-20(24-15-25-22(19)28-18)26-12-6-9-17(14-26)21(27)23-11-10-16-7-4-3-5-8-16/h3-5,7-8,13,15,17H,2,6,9-12,14H2,1H3,(H,23,27)/t17-/m0/s1. The molecule has 3 heterocycles. The highest BCUT2D eigenvalue weighted by Gasteiger charge is 2.27. The maximum absolute atomic E-state index is 12.7. The molecule has 1 aromatic carbocycles. The fourth-order valence-corrected chi connectivity index (χ4v) is 4.75. The van der Waals surface area contributed by atoms with Crippen molar-refractivity contribution in [2.45, 2.75) is 32.6 Å². The molecule has 1 saturated heterocycles. The lowest BCUT2D eigenvalue weighted by molar-refractivity contribution is -0.125. The maximum atomic E-state index is 12.7. The number of anilines is 1. The minimum absolute atomic E-state index is 0.0128. The highest BCUT2D eigenvalue weighted by Crippen LogP contribution is 2.32. The van der Waals surface area contributed by atoms with Crippen molar-refractivity contribution in [2.24, 2.45) is 5.92 Å². The van der Waals surface area contributed by atoms with E-state index in [0.717, 1.165) is 54.8 Å². The smallest absolute Gasteiger partial charge is 0.224 e. The SMILES string of the molecule is CCc1cc2c(N3CCC[C@H](C(=O)NCCc4ccccc4)C3)ncnc2s1. The van der Waals surface area contributed by atoms with Crippen molar-refractivity contribution in [3.63, 3.8) is 0 Å². The predicted molar refractivity (Wildman–Crippen MR) is 115 cm³/mol. The molecule has 4 rings (SSSR count). The van der Waals surface area contributed by atoms with E-state index >= 15 is 0 Å². The summed E-state index contributed by atoms with van der Waals surface area (Å²) in [6.07, 6.45) is 5.47. The molecule has 5 nitrogen and oxygen atoms in total. The summed E-state index contributed by atoms with van der Waals surface area (Å²) in [5.41, 5.74) is 1.25. The molecular formula is C22H26N4OS. The summed E-state index contributed by atoms with van der Waals surface area (Å²) in [5.74, 6) is 1.15. The second-order valence-electron chi connectivity index (χ2n) is 7.29. The number of nitrogens with zero attached hydrogens (tertiary/aromatic N) is 3. The molecule has 0 unspecified atom stereocenters. The van der Waals surface area contributed by atoms with Crippen molar-refractivity contribution in [3.8, 4) is 0 Å². The zero-order valence-electron chi connectivity index (χ0n) is 16.2. The minimum atomic E-state index is 0.0128. The number of hydrogen-bond acceptors (Lipinski definition) is 5. The molecule has 0 aliphatic carbocycles. The molecule has 146 valence electrons. The molecule has 1 aliphatic rings. The normalized spacial score (nSPS) is 17.0. The lowest BCUT2D eigenvalue weighted by Gasteiger charge is -2.33. The first-order valence-electron chi connectivity index (χ1n) is 10.0. The average Bonchev–Trinajstić information content (AvgIpc) is 3.18. The Bertz CT molecular complexity index is 940. The molecule has 1 aliphatic heterocycles. The summed E-state index contributed by atoms with van der Waals surface area (Å²) in [7, 11) is 0. The van der Waals surface area contributed by atoms with Crippen molar-refractivity contribution in [1.82, 2.24) is 15.3 Å². The largest absolute Gasteiger partial charge is 0.355 e. The topological polar surface area (TPSA) is 58.1 Å². The van der Waals surface area contributed by atoms with Crippen LogP contribution in [0.3, 0.4) is 0 Å². The van der Waals surface area contributed by atoms with Gasteiger partial charge in [0.2, 0.25) is 5.91 Å². The van der Waals surface area contributed by atoms with Crippen LogP contribution in [0.2, 0.25) is 0 Å². The van der Waals surface area contributed by atoms with Crippen LogP contribution in [0.1, 0.15) is 30.2 Å². The van der Waals surface area contributed by atoms with Crippen LogP contribution < -0.4 is 10.2 Å². The van der Waals surface area contributed by atoms with Gasteiger partial charge in [-0.1, -0.05) is 37.3 Å². The van der Waals surface area contributed by atoms with Crippen molar-refractivity contribution >= 4 is 33.3 Å². The second-order valence-corrected chi connectivity index (χ2v) is 8.41. The van der Waals surface area contributed by atoms with Gasteiger partial charge in [-0.15, -0.1) is 11.3 Å². The molecule has 2 aromatic heterocycles. The number of amides is 1. The molecule has 1 fully saturated rings. The zero-order valence-corrected chi connectivity index (χ0v) is 17.0. The Kier molecular flexibility index (Phi) is 5.86.